The van der Waals surface area contributed by atoms with Gasteiger partial charge in [0.25, 0.3) is 5.91 Å². The molecule has 1 heterocycles. The molecule has 1 amide bonds. The normalized spacial score (nSPS) is 18.3. The molecule has 3 rings (SSSR count). The minimum Gasteiger partial charge on any atom is -0.468 e. The monoisotopic (exact) mass is 356 g/mol. The summed E-state index contributed by atoms with van der Waals surface area (Å²) in [5, 5.41) is 5.40. The van der Waals surface area contributed by atoms with Crippen LogP contribution in [0.3, 0.4) is 0 Å². The fourth-order valence-corrected chi connectivity index (χ4v) is 3.21. The third-order valence-electron chi connectivity index (χ3n) is 4.85. The van der Waals surface area contributed by atoms with Crippen molar-refractivity contribution < 1.29 is 27.5 Å². The van der Waals surface area contributed by atoms with E-state index in [1.165, 1.54) is 13.2 Å². The van der Waals surface area contributed by atoms with Crippen molar-refractivity contribution in [1.29, 1.82) is 0 Å². The number of methoxy groups -OCH3 is 1. The number of carbonyl (C=O) groups is 2. The van der Waals surface area contributed by atoms with Crippen molar-refractivity contribution >= 4 is 11.9 Å². The van der Waals surface area contributed by atoms with Gasteiger partial charge in [0.1, 0.15) is 6.04 Å². The number of ether oxygens (including phenoxy) is 1. The number of carbonyl (C=O) groups excluding carboxylic acids is 2. The highest BCUT2D eigenvalue weighted by Crippen LogP contribution is 2.37. The van der Waals surface area contributed by atoms with Gasteiger partial charge in [-0.15, -0.1) is 0 Å². The molecule has 0 spiro atoms. The van der Waals surface area contributed by atoms with E-state index in [0.29, 0.717) is 12.5 Å². The lowest BCUT2D eigenvalue weighted by atomic mass is 9.85. The third kappa shape index (κ3) is 3.49. The first-order chi connectivity index (χ1) is 11.8. The molecule has 1 aromatic carbocycles. The number of rotatable bonds is 5. The standard InChI is InChI=1S/C17H19F3N2O3/c1-25-16(24)14(21-7-9-3-2-4-9)10-5-11-12(8-22-15(11)23)13(6-10)17(18,19)20/h5-6,9,14,21H,2-4,7-8H2,1H3,(H,22,23). The van der Waals surface area contributed by atoms with Gasteiger partial charge in [0.2, 0.25) is 0 Å². The summed E-state index contributed by atoms with van der Waals surface area (Å²) in [7, 11) is 1.19. The van der Waals surface area contributed by atoms with E-state index in [1.807, 2.05) is 0 Å². The first kappa shape index (κ1) is 17.7. The van der Waals surface area contributed by atoms with Crippen LogP contribution < -0.4 is 10.6 Å². The van der Waals surface area contributed by atoms with Crippen molar-refractivity contribution in [2.24, 2.45) is 5.92 Å². The van der Waals surface area contributed by atoms with E-state index < -0.39 is 29.7 Å². The molecular weight excluding hydrogens is 337 g/mol. The van der Waals surface area contributed by atoms with Crippen molar-refractivity contribution in [3.63, 3.8) is 0 Å². The average molecular weight is 356 g/mol. The second-order valence-electron chi connectivity index (χ2n) is 6.44. The van der Waals surface area contributed by atoms with Crippen LogP contribution in [0.25, 0.3) is 0 Å². The van der Waals surface area contributed by atoms with Gasteiger partial charge in [0.05, 0.1) is 12.7 Å². The number of halogens is 3. The van der Waals surface area contributed by atoms with Gasteiger partial charge in [0, 0.05) is 12.1 Å². The largest absolute Gasteiger partial charge is 0.468 e. The van der Waals surface area contributed by atoms with E-state index in [2.05, 4.69) is 10.6 Å². The van der Waals surface area contributed by atoms with Gasteiger partial charge in [-0.3, -0.25) is 4.79 Å². The maximum atomic E-state index is 13.4. The fourth-order valence-electron chi connectivity index (χ4n) is 3.21. The van der Waals surface area contributed by atoms with Crippen LogP contribution in [0.5, 0.6) is 0 Å². The molecule has 5 nitrogen and oxygen atoms in total. The number of nitrogens with one attached hydrogen (secondary N) is 2. The molecule has 1 saturated carbocycles. The molecular formula is C17H19F3N2O3. The minimum absolute atomic E-state index is 0.0378. The maximum Gasteiger partial charge on any atom is 0.416 e. The summed E-state index contributed by atoms with van der Waals surface area (Å²) < 4.78 is 44.9. The Morgan fingerprint density at radius 1 is 1.40 bits per heavy atom. The van der Waals surface area contributed by atoms with Crippen LogP contribution >= 0.6 is 0 Å². The van der Waals surface area contributed by atoms with E-state index in [9.17, 15) is 22.8 Å². The Kier molecular flexibility index (Phi) is 4.73. The Morgan fingerprint density at radius 3 is 2.68 bits per heavy atom. The maximum absolute atomic E-state index is 13.4. The van der Waals surface area contributed by atoms with Crippen molar-refractivity contribution in [3.05, 3.63) is 34.4 Å². The van der Waals surface area contributed by atoms with E-state index >= 15 is 0 Å². The van der Waals surface area contributed by atoms with Crippen LogP contribution in [-0.4, -0.2) is 25.5 Å². The van der Waals surface area contributed by atoms with Gasteiger partial charge in [-0.2, -0.15) is 13.2 Å². The zero-order chi connectivity index (χ0) is 18.2. The van der Waals surface area contributed by atoms with Crippen LogP contribution in [-0.2, 0) is 22.3 Å². The Hall–Kier alpha value is -2.09. The number of alkyl halides is 3. The summed E-state index contributed by atoms with van der Waals surface area (Å²) in [6.45, 7) is 0.353. The molecule has 0 radical (unpaired) electrons. The SMILES string of the molecule is COC(=O)C(NCC1CCC1)c1cc2c(c(C(F)(F)F)c1)CNC2=O. The van der Waals surface area contributed by atoms with Crippen LogP contribution in [0, 0.1) is 5.92 Å². The molecule has 8 heteroatoms. The van der Waals surface area contributed by atoms with Gasteiger partial charge in [0.15, 0.2) is 0 Å². The van der Waals surface area contributed by atoms with Crippen molar-refractivity contribution in [1.82, 2.24) is 10.6 Å². The van der Waals surface area contributed by atoms with Crippen LogP contribution in [0.1, 0.15) is 52.4 Å². The number of amides is 1. The lowest BCUT2D eigenvalue weighted by molar-refractivity contribution is -0.144. The first-order valence-electron chi connectivity index (χ1n) is 8.14. The summed E-state index contributed by atoms with van der Waals surface area (Å²) >= 11 is 0. The van der Waals surface area contributed by atoms with Crippen molar-refractivity contribution in [3.8, 4) is 0 Å². The predicted octanol–water partition coefficient (Wildman–Crippen LogP) is 2.55. The van der Waals surface area contributed by atoms with Crippen LogP contribution in [0.2, 0.25) is 0 Å². The Morgan fingerprint density at radius 2 is 2.12 bits per heavy atom. The molecule has 0 bridgehead atoms. The van der Waals surface area contributed by atoms with Gasteiger partial charge in [-0.25, -0.2) is 4.79 Å². The van der Waals surface area contributed by atoms with Crippen LogP contribution in [0.15, 0.2) is 12.1 Å². The van der Waals surface area contributed by atoms with Crippen molar-refractivity contribution in [2.75, 3.05) is 13.7 Å². The quantitative estimate of drug-likeness (QED) is 0.796. The molecule has 136 valence electrons. The zero-order valence-electron chi connectivity index (χ0n) is 13.7. The smallest absolute Gasteiger partial charge is 0.416 e. The number of hydrogen-bond acceptors (Lipinski definition) is 4. The molecule has 1 aliphatic heterocycles. The highest BCUT2D eigenvalue weighted by atomic mass is 19.4. The minimum atomic E-state index is -4.61. The molecule has 1 unspecified atom stereocenters. The molecule has 2 aliphatic rings. The Labute approximate surface area is 142 Å². The van der Waals surface area contributed by atoms with Gasteiger partial charge in [-0.1, -0.05) is 6.42 Å². The highest BCUT2D eigenvalue weighted by molar-refractivity contribution is 5.99. The Bertz CT molecular complexity index is 699. The average Bonchev–Trinajstić information content (AvgIpc) is 2.88. The lowest BCUT2D eigenvalue weighted by Gasteiger charge is -2.28. The van der Waals surface area contributed by atoms with Gasteiger partial charge in [-0.05, 0) is 48.6 Å². The molecule has 1 atom stereocenters. The molecule has 1 aromatic rings. The Balaban J connectivity index is 1.98. The summed E-state index contributed by atoms with van der Waals surface area (Å²) in [6.07, 6.45) is -1.43. The number of esters is 1. The van der Waals surface area contributed by atoms with Gasteiger partial charge >= 0.3 is 12.1 Å². The van der Waals surface area contributed by atoms with Crippen LogP contribution in [0.4, 0.5) is 13.2 Å². The second-order valence-corrected chi connectivity index (χ2v) is 6.44. The number of fused-ring (bicyclic) bond motifs is 1. The number of benzene rings is 1. The van der Waals surface area contributed by atoms with Crippen molar-refractivity contribution in [2.45, 2.75) is 38.0 Å². The summed E-state index contributed by atoms with van der Waals surface area (Å²) in [5.74, 6) is -0.831. The van der Waals surface area contributed by atoms with Gasteiger partial charge < -0.3 is 15.4 Å². The van der Waals surface area contributed by atoms with E-state index in [1.54, 1.807) is 0 Å². The summed E-state index contributed by atoms with van der Waals surface area (Å²) in [6, 6.07) is 1.25. The zero-order valence-corrected chi connectivity index (χ0v) is 13.7. The van der Waals surface area contributed by atoms with E-state index in [-0.39, 0.29) is 23.2 Å². The number of hydrogen-bond donors (Lipinski definition) is 2. The molecule has 25 heavy (non-hydrogen) atoms. The molecule has 1 fully saturated rings. The van der Waals surface area contributed by atoms with E-state index in [4.69, 9.17) is 4.74 Å². The summed E-state index contributed by atoms with van der Waals surface area (Å²) in [5.41, 5.74) is -0.917. The molecule has 0 saturated heterocycles. The fraction of sp³-hybridized carbons (Fsp3) is 0.529. The van der Waals surface area contributed by atoms with E-state index in [0.717, 1.165) is 25.3 Å². The second kappa shape index (κ2) is 6.67. The molecule has 1 aliphatic carbocycles. The molecule has 0 aromatic heterocycles. The topological polar surface area (TPSA) is 67.4 Å². The third-order valence-corrected chi connectivity index (χ3v) is 4.85. The predicted molar refractivity (Wildman–Crippen MR) is 82.7 cm³/mol. The molecule has 2 N–H and O–H groups in total. The lowest BCUT2D eigenvalue weighted by Crippen LogP contribution is -2.35. The highest BCUT2D eigenvalue weighted by Gasteiger charge is 2.39. The first-order valence-corrected chi connectivity index (χ1v) is 8.14. The summed E-state index contributed by atoms with van der Waals surface area (Å²) in [4.78, 5) is 24.0.